The number of carbonyl (C=O) groups excluding carboxylic acids is 2. The van der Waals surface area contributed by atoms with E-state index in [-0.39, 0.29) is 19.1 Å². The number of carbonyl (C=O) groups is 2. The van der Waals surface area contributed by atoms with E-state index in [0.29, 0.717) is 25.8 Å². The summed E-state index contributed by atoms with van der Waals surface area (Å²) in [6.45, 7) is 0.250. The lowest BCUT2D eigenvalue weighted by Gasteiger charge is -2.04. The molecule has 6 heteroatoms. The number of hydrogen-bond donors (Lipinski definition) is 3. The van der Waals surface area contributed by atoms with Crippen molar-refractivity contribution in [1.29, 1.82) is 0 Å². The third kappa shape index (κ3) is 8.79. The van der Waals surface area contributed by atoms with E-state index in [0.717, 1.165) is 0 Å². The van der Waals surface area contributed by atoms with E-state index in [2.05, 4.69) is 10.1 Å². The van der Waals surface area contributed by atoms with Crippen LogP contribution in [0.15, 0.2) is 0 Å². The first-order valence-corrected chi connectivity index (χ1v) is 4.46. The first-order chi connectivity index (χ1) is 6.66. The Morgan fingerprint density at radius 1 is 1.36 bits per heavy atom. The van der Waals surface area contributed by atoms with E-state index in [4.69, 9.17) is 10.8 Å². The molecule has 0 aromatic heterocycles. The van der Waals surface area contributed by atoms with Crippen molar-refractivity contribution >= 4 is 12.0 Å². The number of rotatable bonds is 7. The Morgan fingerprint density at radius 3 is 2.64 bits per heavy atom. The minimum absolute atomic E-state index is 0.00683. The summed E-state index contributed by atoms with van der Waals surface area (Å²) in [4.78, 5) is 21.1. The maximum Gasteiger partial charge on any atom is 0.407 e. The van der Waals surface area contributed by atoms with Crippen molar-refractivity contribution in [2.45, 2.75) is 19.3 Å². The summed E-state index contributed by atoms with van der Waals surface area (Å²) in [6, 6.07) is 0. The standard InChI is InChI=1S/C8H16N2O4/c9-7(12)3-1-2-4-10-8(13)14-6-5-11/h11H,1-6H2,(H2,9,12)(H,10,13). The molecular weight excluding hydrogens is 188 g/mol. The molecule has 14 heavy (non-hydrogen) atoms. The second kappa shape index (κ2) is 8.31. The van der Waals surface area contributed by atoms with Crippen molar-refractivity contribution in [3.8, 4) is 0 Å². The van der Waals surface area contributed by atoms with Gasteiger partial charge in [-0.2, -0.15) is 0 Å². The number of nitrogens with two attached hydrogens (primary N) is 1. The van der Waals surface area contributed by atoms with Crippen LogP contribution in [0.3, 0.4) is 0 Å². The largest absolute Gasteiger partial charge is 0.447 e. The second-order valence-corrected chi connectivity index (χ2v) is 2.71. The number of aliphatic hydroxyl groups excluding tert-OH is 1. The Hall–Kier alpha value is -1.30. The molecule has 0 fully saturated rings. The molecule has 0 bridgehead atoms. The van der Waals surface area contributed by atoms with Crippen LogP contribution in [0, 0.1) is 0 Å². The highest BCUT2D eigenvalue weighted by Gasteiger charge is 2.00. The zero-order valence-electron chi connectivity index (χ0n) is 7.99. The van der Waals surface area contributed by atoms with E-state index < -0.39 is 6.09 Å². The van der Waals surface area contributed by atoms with Crippen molar-refractivity contribution in [1.82, 2.24) is 5.32 Å². The number of unbranched alkanes of at least 4 members (excludes halogenated alkanes) is 1. The summed E-state index contributed by atoms with van der Waals surface area (Å²) >= 11 is 0. The minimum Gasteiger partial charge on any atom is -0.447 e. The first-order valence-electron chi connectivity index (χ1n) is 4.46. The van der Waals surface area contributed by atoms with E-state index in [1.807, 2.05) is 0 Å². The van der Waals surface area contributed by atoms with E-state index in [1.165, 1.54) is 0 Å². The van der Waals surface area contributed by atoms with Gasteiger partial charge in [0.2, 0.25) is 5.91 Å². The maximum absolute atomic E-state index is 10.8. The number of hydrogen-bond acceptors (Lipinski definition) is 4. The van der Waals surface area contributed by atoms with E-state index >= 15 is 0 Å². The van der Waals surface area contributed by atoms with Crippen molar-refractivity contribution in [3.63, 3.8) is 0 Å². The van der Waals surface area contributed by atoms with Crippen LogP contribution in [0.5, 0.6) is 0 Å². The highest BCUT2D eigenvalue weighted by atomic mass is 16.6. The Bertz CT molecular complexity index is 184. The molecule has 0 spiro atoms. The Morgan fingerprint density at radius 2 is 2.07 bits per heavy atom. The second-order valence-electron chi connectivity index (χ2n) is 2.71. The van der Waals surface area contributed by atoms with E-state index in [9.17, 15) is 9.59 Å². The van der Waals surface area contributed by atoms with Crippen molar-refractivity contribution in [2.24, 2.45) is 5.73 Å². The number of primary amides is 1. The molecule has 0 heterocycles. The van der Waals surface area contributed by atoms with Gasteiger partial charge < -0.3 is 20.9 Å². The smallest absolute Gasteiger partial charge is 0.407 e. The molecule has 4 N–H and O–H groups in total. The Labute approximate surface area is 82.4 Å². The lowest BCUT2D eigenvalue weighted by Crippen LogP contribution is -2.26. The monoisotopic (exact) mass is 204 g/mol. The van der Waals surface area contributed by atoms with Crippen molar-refractivity contribution in [2.75, 3.05) is 19.8 Å². The lowest BCUT2D eigenvalue weighted by molar-refractivity contribution is -0.118. The molecule has 0 atom stereocenters. The molecule has 0 saturated carbocycles. The van der Waals surface area contributed by atoms with Crippen molar-refractivity contribution in [3.05, 3.63) is 0 Å². The molecule has 0 aromatic carbocycles. The fourth-order valence-corrected chi connectivity index (χ4v) is 0.804. The predicted octanol–water partition coefficient (Wildman–Crippen LogP) is -0.640. The normalized spacial score (nSPS) is 9.50. The average Bonchev–Trinajstić information content (AvgIpc) is 2.13. The van der Waals surface area contributed by atoms with Crippen LogP contribution in [0.4, 0.5) is 4.79 Å². The minimum atomic E-state index is -0.557. The first kappa shape index (κ1) is 12.7. The van der Waals surface area contributed by atoms with Gasteiger partial charge >= 0.3 is 6.09 Å². The zero-order chi connectivity index (χ0) is 10.8. The van der Waals surface area contributed by atoms with Gasteiger partial charge in [-0.25, -0.2) is 4.79 Å². The molecule has 0 aliphatic heterocycles. The molecule has 0 saturated heterocycles. The molecule has 6 nitrogen and oxygen atoms in total. The third-order valence-corrected chi connectivity index (χ3v) is 1.44. The van der Waals surface area contributed by atoms with Gasteiger partial charge in [0, 0.05) is 13.0 Å². The van der Waals surface area contributed by atoms with Crippen LogP contribution in [0.1, 0.15) is 19.3 Å². The quantitative estimate of drug-likeness (QED) is 0.480. The molecule has 0 rings (SSSR count). The van der Waals surface area contributed by atoms with Crippen LogP contribution >= 0.6 is 0 Å². The van der Waals surface area contributed by atoms with Gasteiger partial charge in [0.1, 0.15) is 6.61 Å². The van der Waals surface area contributed by atoms with Gasteiger partial charge in [0.05, 0.1) is 6.61 Å². The van der Waals surface area contributed by atoms with Gasteiger partial charge in [-0.3, -0.25) is 4.79 Å². The molecule has 82 valence electrons. The highest BCUT2D eigenvalue weighted by Crippen LogP contribution is 1.92. The summed E-state index contributed by atoms with van der Waals surface area (Å²) in [7, 11) is 0. The third-order valence-electron chi connectivity index (χ3n) is 1.44. The molecule has 2 amide bonds. The fraction of sp³-hybridized carbons (Fsp3) is 0.750. The molecular formula is C8H16N2O4. The Balaban J connectivity index is 3.19. The molecule has 0 radical (unpaired) electrons. The summed E-state index contributed by atoms with van der Waals surface area (Å²) in [5, 5.41) is 10.8. The van der Waals surface area contributed by atoms with Gasteiger partial charge in [0.15, 0.2) is 0 Å². The number of ether oxygens (including phenoxy) is 1. The summed E-state index contributed by atoms with van der Waals surface area (Å²) in [5.74, 6) is -0.340. The van der Waals surface area contributed by atoms with Crippen molar-refractivity contribution < 1.29 is 19.4 Å². The molecule has 0 aromatic rings. The van der Waals surface area contributed by atoms with Gasteiger partial charge in [-0.1, -0.05) is 0 Å². The predicted molar refractivity (Wildman–Crippen MR) is 49.5 cm³/mol. The van der Waals surface area contributed by atoms with Crippen LogP contribution < -0.4 is 11.1 Å². The van der Waals surface area contributed by atoms with Gasteiger partial charge in [-0.15, -0.1) is 0 Å². The fourth-order valence-electron chi connectivity index (χ4n) is 0.804. The van der Waals surface area contributed by atoms with Crippen LogP contribution in [0.2, 0.25) is 0 Å². The number of amides is 2. The topological polar surface area (TPSA) is 102 Å². The SMILES string of the molecule is NC(=O)CCCCNC(=O)OCCO. The summed E-state index contributed by atoms with van der Waals surface area (Å²) in [5.41, 5.74) is 4.92. The van der Waals surface area contributed by atoms with Crippen LogP contribution in [0.25, 0.3) is 0 Å². The van der Waals surface area contributed by atoms with Crippen LogP contribution in [-0.4, -0.2) is 36.9 Å². The number of nitrogens with one attached hydrogen (secondary N) is 1. The molecule has 0 unspecified atom stereocenters. The Kier molecular flexibility index (Phi) is 7.53. The molecule has 0 aliphatic carbocycles. The summed E-state index contributed by atoms with van der Waals surface area (Å²) < 4.78 is 4.53. The van der Waals surface area contributed by atoms with Gasteiger partial charge in [0.25, 0.3) is 0 Å². The average molecular weight is 204 g/mol. The summed E-state index contributed by atoms with van der Waals surface area (Å²) in [6.07, 6.45) is 1.10. The zero-order valence-corrected chi connectivity index (χ0v) is 7.99. The number of aliphatic hydroxyl groups is 1. The van der Waals surface area contributed by atoms with Gasteiger partial charge in [-0.05, 0) is 12.8 Å². The number of alkyl carbamates (subject to hydrolysis) is 1. The maximum atomic E-state index is 10.8. The van der Waals surface area contributed by atoms with Crippen LogP contribution in [-0.2, 0) is 9.53 Å². The lowest BCUT2D eigenvalue weighted by atomic mass is 10.2. The highest BCUT2D eigenvalue weighted by molar-refractivity contribution is 5.73. The van der Waals surface area contributed by atoms with E-state index in [1.54, 1.807) is 0 Å². The molecule has 0 aliphatic rings.